The van der Waals surface area contributed by atoms with Crippen LogP contribution in [0.4, 0.5) is 0 Å². The lowest BCUT2D eigenvalue weighted by atomic mass is 9.83. The Morgan fingerprint density at radius 1 is 1.41 bits per heavy atom. The number of nitrogens with zero attached hydrogens (tertiary/aromatic N) is 4. The molecule has 1 aromatic heterocycles. The Morgan fingerprint density at radius 2 is 2.29 bits per heavy atom. The Bertz CT molecular complexity index is 575. The molecule has 4 heteroatoms. The number of hydrogen-bond acceptors (Lipinski definition) is 3. The van der Waals surface area contributed by atoms with E-state index in [9.17, 15) is 0 Å². The van der Waals surface area contributed by atoms with Gasteiger partial charge in [0.25, 0.3) is 0 Å². The molecular weight excluding hydrogens is 212 g/mol. The normalized spacial score (nSPS) is 15.7. The molecule has 0 spiro atoms. The third-order valence-corrected chi connectivity index (χ3v) is 3.62. The third kappa shape index (κ3) is 1.89. The van der Waals surface area contributed by atoms with Gasteiger partial charge in [0.15, 0.2) is 0 Å². The summed E-state index contributed by atoms with van der Waals surface area (Å²) >= 11 is 0. The van der Waals surface area contributed by atoms with Gasteiger partial charge in [-0.15, -0.1) is 5.10 Å². The maximum Gasteiger partial charge on any atom is 0.113 e. The van der Waals surface area contributed by atoms with Crippen LogP contribution in [-0.2, 0) is 6.54 Å². The third-order valence-electron chi connectivity index (χ3n) is 3.62. The summed E-state index contributed by atoms with van der Waals surface area (Å²) in [5.74, 6) is 0.869. The van der Waals surface area contributed by atoms with Gasteiger partial charge in [-0.2, -0.15) is 5.26 Å². The van der Waals surface area contributed by atoms with Crippen molar-refractivity contribution in [3.63, 3.8) is 0 Å². The van der Waals surface area contributed by atoms with E-state index >= 15 is 0 Å². The van der Waals surface area contributed by atoms with Crippen LogP contribution >= 0.6 is 0 Å². The number of nitriles is 1. The first-order chi connectivity index (χ1) is 8.36. The molecule has 0 aliphatic heterocycles. The van der Waals surface area contributed by atoms with Crippen molar-refractivity contribution in [2.75, 3.05) is 0 Å². The maximum absolute atomic E-state index is 8.89. The minimum absolute atomic E-state index is 0.671. The van der Waals surface area contributed by atoms with Gasteiger partial charge in [0, 0.05) is 6.54 Å². The second kappa shape index (κ2) is 4.17. The van der Waals surface area contributed by atoms with Gasteiger partial charge < -0.3 is 0 Å². The van der Waals surface area contributed by atoms with Gasteiger partial charge in [0.1, 0.15) is 5.52 Å². The Balaban J connectivity index is 1.85. The van der Waals surface area contributed by atoms with Gasteiger partial charge in [0.2, 0.25) is 0 Å². The molecule has 3 rings (SSSR count). The maximum atomic E-state index is 8.89. The Hall–Kier alpha value is -1.89. The van der Waals surface area contributed by atoms with Crippen LogP contribution in [-0.4, -0.2) is 15.0 Å². The summed E-state index contributed by atoms with van der Waals surface area (Å²) < 4.78 is 1.93. The van der Waals surface area contributed by atoms with Crippen LogP contribution in [0.3, 0.4) is 0 Å². The van der Waals surface area contributed by atoms with Crippen molar-refractivity contribution in [1.82, 2.24) is 15.0 Å². The van der Waals surface area contributed by atoms with Gasteiger partial charge in [-0.3, -0.25) is 0 Å². The molecule has 1 aliphatic rings. The highest BCUT2D eigenvalue weighted by molar-refractivity contribution is 5.75. The molecule has 86 valence electrons. The average Bonchev–Trinajstić information content (AvgIpc) is 2.69. The van der Waals surface area contributed by atoms with E-state index in [4.69, 9.17) is 5.26 Å². The van der Waals surface area contributed by atoms with E-state index in [0.717, 1.165) is 23.5 Å². The summed E-state index contributed by atoms with van der Waals surface area (Å²) in [6, 6.07) is 7.67. The van der Waals surface area contributed by atoms with E-state index in [2.05, 4.69) is 16.4 Å². The van der Waals surface area contributed by atoms with Crippen LogP contribution in [0, 0.1) is 17.2 Å². The molecule has 17 heavy (non-hydrogen) atoms. The fraction of sp³-hybridized carbons (Fsp3) is 0.462. The number of fused-ring (bicyclic) bond motifs is 1. The highest BCUT2D eigenvalue weighted by atomic mass is 15.4. The van der Waals surface area contributed by atoms with Crippen molar-refractivity contribution >= 4 is 11.0 Å². The first-order valence-electron chi connectivity index (χ1n) is 6.10. The molecule has 0 bridgehead atoms. The van der Waals surface area contributed by atoms with Crippen molar-refractivity contribution in [2.45, 2.75) is 32.2 Å². The molecule has 1 heterocycles. The molecule has 4 nitrogen and oxygen atoms in total. The van der Waals surface area contributed by atoms with Gasteiger partial charge in [-0.1, -0.05) is 24.5 Å². The Morgan fingerprint density at radius 3 is 3.00 bits per heavy atom. The zero-order valence-corrected chi connectivity index (χ0v) is 9.63. The smallest absolute Gasteiger partial charge is 0.113 e. The second-order valence-electron chi connectivity index (χ2n) is 4.71. The van der Waals surface area contributed by atoms with Gasteiger partial charge >= 0.3 is 0 Å². The monoisotopic (exact) mass is 226 g/mol. The lowest BCUT2D eigenvalue weighted by Gasteiger charge is -2.24. The van der Waals surface area contributed by atoms with E-state index in [1.54, 1.807) is 6.07 Å². The molecule has 0 saturated heterocycles. The number of aryl methyl sites for hydroxylation is 1. The summed E-state index contributed by atoms with van der Waals surface area (Å²) in [4.78, 5) is 0. The highest BCUT2D eigenvalue weighted by Crippen LogP contribution is 2.30. The van der Waals surface area contributed by atoms with Crippen molar-refractivity contribution < 1.29 is 0 Å². The minimum Gasteiger partial charge on any atom is -0.245 e. The topological polar surface area (TPSA) is 54.5 Å². The van der Waals surface area contributed by atoms with E-state index in [0.29, 0.717) is 5.56 Å². The van der Waals surface area contributed by atoms with E-state index in [1.807, 2.05) is 16.8 Å². The van der Waals surface area contributed by atoms with Crippen LogP contribution in [0.25, 0.3) is 11.0 Å². The summed E-state index contributed by atoms with van der Waals surface area (Å²) in [5.41, 5.74) is 2.52. The fourth-order valence-corrected chi connectivity index (χ4v) is 2.29. The lowest BCUT2D eigenvalue weighted by molar-refractivity contribution is 0.278. The van der Waals surface area contributed by atoms with Crippen LogP contribution in [0.1, 0.15) is 31.2 Å². The SMILES string of the molecule is N#Cc1ccc2nnn(CCC3CCC3)c2c1. The Kier molecular flexibility index (Phi) is 2.52. The molecular formula is C13H14N4. The summed E-state index contributed by atoms with van der Waals surface area (Å²) in [7, 11) is 0. The zero-order chi connectivity index (χ0) is 11.7. The molecule has 1 saturated carbocycles. The molecule has 0 radical (unpaired) electrons. The molecule has 2 aromatic rings. The average molecular weight is 226 g/mol. The quantitative estimate of drug-likeness (QED) is 0.808. The largest absolute Gasteiger partial charge is 0.245 e. The summed E-state index contributed by atoms with van der Waals surface area (Å²) in [5, 5.41) is 17.2. The molecule has 1 aromatic carbocycles. The van der Waals surface area contributed by atoms with Crippen molar-refractivity contribution in [3.8, 4) is 6.07 Å². The van der Waals surface area contributed by atoms with Gasteiger partial charge in [0.05, 0.1) is 17.1 Å². The van der Waals surface area contributed by atoms with Crippen molar-refractivity contribution in [3.05, 3.63) is 23.8 Å². The Labute approximate surface area is 99.8 Å². The van der Waals surface area contributed by atoms with Crippen molar-refractivity contribution in [2.24, 2.45) is 5.92 Å². The fourth-order valence-electron chi connectivity index (χ4n) is 2.29. The van der Waals surface area contributed by atoms with Gasteiger partial charge in [-0.05, 0) is 30.5 Å². The zero-order valence-electron chi connectivity index (χ0n) is 9.63. The van der Waals surface area contributed by atoms with E-state index in [-0.39, 0.29) is 0 Å². The molecule has 0 unspecified atom stereocenters. The number of hydrogen-bond donors (Lipinski definition) is 0. The van der Waals surface area contributed by atoms with Gasteiger partial charge in [-0.25, -0.2) is 4.68 Å². The van der Waals surface area contributed by atoms with Crippen LogP contribution in [0.15, 0.2) is 18.2 Å². The highest BCUT2D eigenvalue weighted by Gasteiger charge is 2.17. The molecule has 1 aliphatic carbocycles. The van der Waals surface area contributed by atoms with Crippen LogP contribution in [0.2, 0.25) is 0 Å². The number of rotatable bonds is 3. The summed E-state index contributed by atoms with van der Waals surface area (Å²) in [6.45, 7) is 0.913. The first kappa shape index (κ1) is 10.3. The molecule has 0 atom stereocenters. The predicted molar refractivity (Wildman–Crippen MR) is 64.2 cm³/mol. The first-order valence-corrected chi connectivity index (χ1v) is 6.10. The summed E-state index contributed by atoms with van der Waals surface area (Å²) in [6.07, 6.45) is 5.27. The van der Waals surface area contributed by atoms with Crippen LogP contribution < -0.4 is 0 Å². The molecule has 0 N–H and O–H groups in total. The second-order valence-corrected chi connectivity index (χ2v) is 4.71. The van der Waals surface area contributed by atoms with Crippen molar-refractivity contribution in [1.29, 1.82) is 5.26 Å². The van der Waals surface area contributed by atoms with Crippen LogP contribution in [0.5, 0.6) is 0 Å². The molecule has 0 amide bonds. The lowest BCUT2D eigenvalue weighted by Crippen LogP contribution is -2.14. The van der Waals surface area contributed by atoms with E-state index in [1.165, 1.54) is 25.7 Å². The number of benzene rings is 1. The minimum atomic E-state index is 0.671. The standard InChI is InChI=1S/C13H14N4/c14-9-11-4-5-12-13(8-11)17(16-15-12)7-6-10-2-1-3-10/h4-5,8,10H,1-3,6-7H2. The predicted octanol–water partition coefficient (Wildman–Crippen LogP) is 2.49. The molecule has 1 fully saturated rings. The van der Waals surface area contributed by atoms with E-state index < -0.39 is 0 Å². The number of aromatic nitrogens is 3.